The van der Waals surface area contributed by atoms with Crippen molar-refractivity contribution >= 4 is 66.6 Å². The van der Waals surface area contributed by atoms with Gasteiger partial charge < -0.3 is 27.5 Å². The molecule has 1 aromatic heterocycles. The number of benzene rings is 5. The van der Waals surface area contributed by atoms with E-state index in [0.717, 1.165) is 16.2 Å². The Morgan fingerprint density at radius 2 is 1.12 bits per heavy atom. The Hall–Kier alpha value is -5.12. The molecule has 0 N–H and O–H groups in total. The van der Waals surface area contributed by atoms with Gasteiger partial charge in [-0.25, -0.2) is 19.2 Å². The maximum Gasteiger partial charge on any atom is 0.524 e. The van der Waals surface area contributed by atoms with Gasteiger partial charge in [0.25, 0.3) is 0 Å². The van der Waals surface area contributed by atoms with Crippen LogP contribution in [-0.4, -0.2) is 12.3 Å². The molecule has 1 aliphatic heterocycles. The number of hydrogen-bond donors (Lipinski definition) is 0. The van der Waals surface area contributed by atoms with Gasteiger partial charge in [0.2, 0.25) is 0 Å². The molecule has 0 saturated carbocycles. The highest BCUT2D eigenvalue weighted by molar-refractivity contribution is 6.36. The first-order valence-corrected chi connectivity index (χ1v) is 9.91. The van der Waals surface area contributed by atoms with Gasteiger partial charge in [0, 0.05) is 16.2 Å². The molecule has 10 heteroatoms. The monoisotopic (exact) mass is 456 g/mol. The van der Waals surface area contributed by atoms with Gasteiger partial charge in [0.15, 0.2) is 11.2 Å². The summed E-state index contributed by atoms with van der Waals surface area (Å²) in [6.07, 6.45) is -2.43. The molecule has 0 fully saturated rings. The third-order valence-electron chi connectivity index (χ3n) is 5.84. The number of ether oxygens (including phenoxy) is 3. The average molecular weight is 456 g/mol. The van der Waals surface area contributed by atoms with Crippen LogP contribution in [0.4, 0.5) is 9.59 Å². The van der Waals surface area contributed by atoms with Crippen molar-refractivity contribution in [2.24, 2.45) is 0 Å². The molecule has 0 unspecified atom stereocenters. The summed E-state index contributed by atoms with van der Waals surface area (Å²) in [5.41, 5.74) is 0.0542. The molecular weight excluding hydrogens is 448 g/mol. The molecule has 0 aliphatic carbocycles. The summed E-state index contributed by atoms with van der Waals surface area (Å²) in [6.45, 7) is 0. The van der Waals surface area contributed by atoms with E-state index in [1.165, 1.54) is 0 Å². The maximum atomic E-state index is 11.9. The zero-order chi connectivity index (χ0) is 23.1. The summed E-state index contributed by atoms with van der Waals surface area (Å²) in [5, 5.41) is 5.17. The Bertz CT molecular complexity index is 2000. The van der Waals surface area contributed by atoms with Gasteiger partial charge in [-0.1, -0.05) is 18.2 Å². The van der Waals surface area contributed by atoms with E-state index in [1.54, 1.807) is 42.5 Å². The predicted molar refractivity (Wildman–Crippen MR) is 116 cm³/mol. The quantitative estimate of drug-likeness (QED) is 0.101. The lowest BCUT2D eigenvalue weighted by molar-refractivity contribution is 0.0880. The Kier molecular flexibility index (Phi) is 3.38. The molecule has 0 atom stereocenters. The molecule has 6 aromatic rings. The van der Waals surface area contributed by atoms with Gasteiger partial charge in [-0.05, 0) is 51.9 Å². The number of cyclic esters (lactones) is 2. The second-order valence-corrected chi connectivity index (χ2v) is 7.56. The van der Waals surface area contributed by atoms with Crippen molar-refractivity contribution < 1.29 is 37.1 Å². The number of carbonyl (C=O) groups excluding carboxylic acids is 2. The minimum Gasteiger partial charge on any atom is -0.394 e. The van der Waals surface area contributed by atoms with E-state index in [1.807, 2.05) is 6.07 Å². The number of fused-ring (bicyclic) bond motifs is 4. The molecule has 1 aliphatic rings. The average Bonchev–Trinajstić information content (AvgIpc) is 2.93. The summed E-state index contributed by atoms with van der Waals surface area (Å²) < 4.78 is 29.9. The molecule has 7 rings (SSSR count). The van der Waals surface area contributed by atoms with E-state index in [-0.39, 0.29) is 22.7 Å². The summed E-state index contributed by atoms with van der Waals surface area (Å²) in [6, 6.07) is 13.5. The third-order valence-corrected chi connectivity index (χ3v) is 5.84. The van der Waals surface area contributed by atoms with Gasteiger partial charge in [-0.15, -0.1) is 0 Å². The Morgan fingerprint density at radius 3 is 1.85 bits per heavy atom. The molecule has 164 valence electrons. The fourth-order valence-corrected chi connectivity index (χ4v) is 4.68. The van der Waals surface area contributed by atoms with Crippen LogP contribution in [0, 0.1) is 0 Å². The Labute approximate surface area is 185 Å². The van der Waals surface area contributed by atoms with Crippen LogP contribution >= 0.6 is 0 Å². The lowest BCUT2D eigenvalue weighted by atomic mass is 9.89. The van der Waals surface area contributed by atoms with Crippen LogP contribution in [0.1, 0.15) is 0 Å². The molecular formula is C24H8O10. The highest BCUT2D eigenvalue weighted by atomic mass is 16.8. The van der Waals surface area contributed by atoms with Crippen molar-refractivity contribution in [3.63, 3.8) is 0 Å². The summed E-state index contributed by atoms with van der Waals surface area (Å²) in [7, 11) is 0. The van der Waals surface area contributed by atoms with Crippen LogP contribution in [0.25, 0.3) is 54.3 Å². The number of rotatable bonds is 0. The van der Waals surface area contributed by atoms with Crippen molar-refractivity contribution in [3.05, 3.63) is 69.8 Å². The lowest BCUT2D eigenvalue weighted by Crippen LogP contribution is -2.21. The SMILES string of the molecule is O=C1OC(=O)Oc2ccc3c4cc5oc(=O)oc(=O)oc5c5cccc(c6ccc(c2c63)O1)c45. The highest BCUT2D eigenvalue weighted by Gasteiger charge is 2.26. The summed E-state index contributed by atoms with van der Waals surface area (Å²) in [4.78, 5) is 47.6. The number of carbonyl (C=O) groups is 2. The van der Waals surface area contributed by atoms with Crippen LogP contribution in [0.15, 0.2) is 71.4 Å². The molecule has 2 heterocycles. The van der Waals surface area contributed by atoms with E-state index in [4.69, 9.17) is 18.3 Å². The first-order valence-electron chi connectivity index (χ1n) is 9.91. The lowest BCUT2D eigenvalue weighted by Gasteiger charge is -2.19. The fraction of sp³-hybridized carbons (Fsp3) is 0. The topological polar surface area (TPSA) is 135 Å². The molecule has 10 nitrogen and oxygen atoms in total. The first kappa shape index (κ1) is 18.5. The maximum absolute atomic E-state index is 11.9. The molecule has 0 spiro atoms. The molecule has 34 heavy (non-hydrogen) atoms. The zero-order valence-electron chi connectivity index (χ0n) is 16.7. The number of hydrogen-bond acceptors (Lipinski definition) is 10. The van der Waals surface area contributed by atoms with Crippen molar-refractivity contribution in [2.45, 2.75) is 0 Å². The second kappa shape index (κ2) is 6.23. The molecule has 5 aromatic carbocycles. The molecule has 0 bridgehead atoms. The molecule has 0 amide bonds. The standard InChI is InChI=1S/C24H8O10/c25-21-29-14-6-4-10-9-2-1-3-12-17(9)13(8-16-20(12)32-24(28)34-23(27)31-16)11-5-7-15(19(14)18(10)11)30-22(26)33-21/h1-8H. The van der Waals surface area contributed by atoms with E-state index in [2.05, 4.69) is 9.15 Å². The van der Waals surface area contributed by atoms with Gasteiger partial charge in [0.05, 0.1) is 5.39 Å². The Balaban J connectivity index is 1.78. The fourth-order valence-electron chi connectivity index (χ4n) is 4.68. The summed E-state index contributed by atoms with van der Waals surface area (Å²) in [5.74, 6) is -2.12. The predicted octanol–water partition coefficient (Wildman–Crippen LogP) is 4.98. The smallest absolute Gasteiger partial charge is 0.394 e. The van der Waals surface area contributed by atoms with Gasteiger partial charge in [-0.3, -0.25) is 0 Å². The van der Waals surface area contributed by atoms with Gasteiger partial charge >= 0.3 is 24.0 Å². The normalized spacial score (nSPS) is 13.8. The largest absolute Gasteiger partial charge is 0.524 e. The highest BCUT2D eigenvalue weighted by Crippen LogP contribution is 2.47. The van der Waals surface area contributed by atoms with Crippen LogP contribution in [0.5, 0.6) is 11.5 Å². The third kappa shape index (κ3) is 2.39. The second-order valence-electron chi connectivity index (χ2n) is 7.56. The van der Waals surface area contributed by atoms with Crippen LogP contribution < -0.4 is 21.1 Å². The first-order chi connectivity index (χ1) is 16.5. The van der Waals surface area contributed by atoms with Gasteiger partial charge in [0.1, 0.15) is 11.5 Å². The molecule has 0 radical (unpaired) electrons. The van der Waals surface area contributed by atoms with E-state index in [0.29, 0.717) is 26.9 Å². The van der Waals surface area contributed by atoms with Crippen LogP contribution in [0.3, 0.4) is 0 Å². The van der Waals surface area contributed by atoms with Crippen molar-refractivity contribution in [1.29, 1.82) is 0 Å². The Morgan fingerprint density at radius 1 is 0.500 bits per heavy atom. The van der Waals surface area contributed by atoms with Crippen molar-refractivity contribution in [1.82, 2.24) is 0 Å². The van der Waals surface area contributed by atoms with Gasteiger partial charge in [-0.2, -0.15) is 0 Å². The van der Waals surface area contributed by atoms with E-state index < -0.39 is 24.0 Å². The molecule has 0 saturated heterocycles. The zero-order valence-corrected chi connectivity index (χ0v) is 16.7. The van der Waals surface area contributed by atoms with E-state index >= 15 is 0 Å². The van der Waals surface area contributed by atoms with Crippen molar-refractivity contribution in [2.75, 3.05) is 0 Å². The van der Waals surface area contributed by atoms with Crippen molar-refractivity contribution in [3.8, 4) is 11.5 Å². The minimum absolute atomic E-state index is 0.000275. The summed E-state index contributed by atoms with van der Waals surface area (Å²) >= 11 is 0. The minimum atomic E-state index is -1.22. The van der Waals surface area contributed by atoms with Crippen LogP contribution in [-0.2, 0) is 4.74 Å². The van der Waals surface area contributed by atoms with E-state index in [9.17, 15) is 19.2 Å². The van der Waals surface area contributed by atoms with Crippen LogP contribution in [0.2, 0.25) is 0 Å².